The number of aryl methyl sites for hydroxylation is 6. The maximum atomic E-state index is 7.10. The van der Waals surface area contributed by atoms with Gasteiger partial charge < -0.3 is 14.1 Å². The van der Waals surface area contributed by atoms with Crippen molar-refractivity contribution < 1.29 is 9.15 Å². The second-order valence-electron chi connectivity index (χ2n) is 20.4. The molecule has 0 spiro atoms. The van der Waals surface area contributed by atoms with Gasteiger partial charge in [0, 0.05) is 33.5 Å². The Morgan fingerprint density at radius 3 is 1.69 bits per heavy atom. The van der Waals surface area contributed by atoms with Crippen molar-refractivity contribution >= 4 is 108 Å². The Balaban J connectivity index is 1.08. The van der Waals surface area contributed by atoms with Crippen LogP contribution in [0, 0.1) is 41.5 Å². The van der Waals surface area contributed by atoms with Crippen molar-refractivity contribution in [2.75, 3.05) is 4.90 Å². The van der Waals surface area contributed by atoms with Crippen LogP contribution in [0.4, 0.5) is 17.1 Å². The summed E-state index contributed by atoms with van der Waals surface area (Å²) in [6.07, 6.45) is 0. The molecule has 2 heterocycles. The molecule has 0 saturated carbocycles. The number of nitrogens with zero attached hydrogens (tertiary/aromatic N) is 1. The molecule has 0 bridgehead atoms. The number of hydrogen-bond acceptors (Lipinski definition) is 3. The van der Waals surface area contributed by atoms with Crippen LogP contribution in [0.3, 0.4) is 0 Å². The van der Waals surface area contributed by atoms with Crippen LogP contribution in [0.25, 0.3) is 65.4 Å². The highest BCUT2D eigenvalue weighted by Gasteiger charge is 2.32. The summed E-state index contributed by atoms with van der Waals surface area (Å²) in [7, 11) is -1.54. The van der Waals surface area contributed by atoms with Crippen molar-refractivity contribution in [2.45, 2.75) is 61.2 Å². The van der Waals surface area contributed by atoms with Crippen LogP contribution in [-0.2, 0) is 0 Å². The molecule has 3 nitrogen and oxygen atoms in total. The van der Waals surface area contributed by atoms with Gasteiger partial charge in [0.25, 0.3) is 0 Å². The van der Waals surface area contributed by atoms with Gasteiger partial charge in [-0.15, -0.1) is 0 Å². The Hall–Kier alpha value is -7.34. The zero-order valence-electron chi connectivity index (χ0n) is 40.4. The first-order valence-corrected chi connectivity index (χ1v) is 27.5. The molecule has 0 fully saturated rings. The van der Waals surface area contributed by atoms with E-state index in [4.69, 9.17) is 9.15 Å². The molecule has 0 radical (unpaired) electrons. The van der Waals surface area contributed by atoms with Gasteiger partial charge in [0.2, 0.25) is 6.71 Å². The highest BCUT2D eigenvalue weighted by molar-refractivity contribution is 6.98. The van der Waals surface area contributed by atoms with Crippen molar-refractivity contribution in [1.82, 2.24) is 0 Å². The van der Waals surface area contributed by atoms with Crippen molar-refractivity contribution in [1.29, 1.82) is 0 Å². The normalized spacial score (nSPS) is 12.3. The number of furan rings is 1. The molecule has 1 aliphatic heterocycles. The molecule has 0 atom stereocenters. The van der Waals surface area contributed by atoms with Gasteiger partial charge in [0.05, 0.1) is 19.4 Å². The molecule has 68 heavy (non-hydrogen) atoms. The van der Waals surface area contributed by atoms with Crippen LogP contribution in [0.2, 0.25) is 19.6 Å². The lowest BCUT2D eigenvalue weighted by molar-refractivity contribution is 0.487. The second kappa shape index (κ2) is 15.6. The number of rotatable bonds is 7. The van der Waals surface area contributed by atoms with Gasteiger partial charge in [-0.3, -0.25) is 0 Å². The Bertz CT molecular complexity index is 3790. The molecule has 330 valence electrons. The van der Waals surface area contributed by atoms with Gasteiger partial charge in [-0.25, -0.2) is 0 Å². The maximum absolute atomic E-state index is 7.10. The molecular formula is C63H54BNO2Si. The van der Waals surface area contributed by atoms with Crippen LogP contribution in [0.15, 0.2) is 168 Å². The van der Waals surface area contributed by atoms with E-state index >= 15 is 0 Å². The Morgan fingerprint density at radius 2 is 1.01 bits per heavy atom. The van der Waals surface area contributed by atoms with Gasteiger partial charge in [0.1, 0.15) is 17.1 Å². The number of fused-ring (bicyclic) bond motifs is 9. The van der Waals surface area contributed by atoms with Crippen LogP contribution >= 0.6 is 0 Å². The molecular weight excluding hydrogens is 842 g/mol. The lowest BCUT2D eigenvalue weighted by atomic mass is 9.33. The topological polar surface area (TPSA) is 25.6 Å². The minimum atomic E-state index is -1.54. The van der Waals surface area contributed by atoms with Gasteiger partial charge in [-0.05, 0) is 123 Å². The average molecular weight is 896 g/mol. The molecule has 0 saturated heterocycles. The zero-order valence-corrected chi connectivity index (χ0v) is 41.4. The van der Waals surface area contributed by atoms with Gasteiger partial charge in [-0.2, -0.15) is 0 Å². The summed E-state index contributed by atoms with van der Waals surface area (Å²) in [6.45, 7) is 20.9. The first-order chi connectivity index (χ1) is 32.8. The van der Waals surface area contributed by atoms with E-state index < -0.39 is 8.07 Å². The van der Waals surface area contributed by atoms with Crippen molar-refractivity contribution in [3.05, 3.63) is 197 Å². The summed E-state index contributed by atoms with van der Waals surface area (Å²) >= 11 is 0. The largest absolute Gasteiger partial charge is 0.456 e. The van der Waals surface area contributed by atoms with Crippen LogP contribution < -0.4 is 31.2 Å². The fraction of sp³-hybridized carbons (Fsp3) is 0.143. The standard InChI is InChI=1S/C63H54BNO2Si/c1-37-30-39(3)61(40(4)31-37)64(62-41(5)32-38(2)33-42(62)6)55-36-53-50-19-15-23-58-60(50)54(35-52(53)46-16-10-11-17-47(46)55)49-29-26-44(34-59(49)66-58)65(43-24-27-45(28-25-43)68(7,8)9)56-21-14-20-51-48-18-12-13-22-57(48)67-63(51)56/h10-36H,1-9H3. The van der Waals surface area contributed by atoms with Crippen molar-refractivity contribution in [3.8, 4) is 22.6 Å². The summed E-state index contributed by atoms with van der Waals surface area (Å²) in [4.78, 5) is 2.33. The lowest BCUT2D eigenvalue weighted by Gasteiger charge is -2.29. The quantitative estimate of drug-likeness (QED) is 0.118. The molecule has 11 aromatic rings. The summed E-state index contributed by atoms with van der Waals surface area (Å²) < 4.78 is 13.8. The molecule has 0 aliphatic carbocycles. The third kappa shape index (κ3) is 6.62. The highest BCUT2D eigenvalue weighted by Crippen LogP contribution is 2.52. The number of para-hydroxylation sites is 2. The van der Waals surface area contributed by atoms with E-state index in [1.54, 1.807) is 0 Å². The van der Waals surface area contributed by atoms with Crippen LogP contribution in [0.1, 0.15) is 33.4 Å². The Morgan fingerprint density at radius 1 is 0.441 bits per heavy atom. The van der Waals surface area contributed by atoms with Gasteiger partial charge >= 0.3 is 0 Å². The maximum Gasteiger partial charge on any atom is 0.243 e. The lowest BCUT2D eigenvalue weighted by Crippen LogP contribution is -2.56. The zero-order chi connectivity index (χ0) is 46.7. The molecule has 0 amide bonds. The third-order valence-corrected chi connectivity index (χ3v) is 16.8. The second-order valence-corrected chi connectivity index (χ2v) is 25.5. The van der Waals surface area contributed by atoms with E-state index in [9.17, 15) is 0 Å². The van der Waals surface area contributed by atoms with E-state index in [0.29, 0.717) is 0 Å². The van der Waals surface area contributed by atoms with Crippen molar-refractivity contribution in [3.63, 3.8) is 0 Å². The predicted octanol–water partition coefficient (Wildman–Crippen LogP) is 15.2. The summed E-state index contributed by atoms with van der Waals surface area (Å²) in [5.41, 5.74) is 19.1. The molecule has 10 aromatic carbocycles. The fourth-order valence-corrected chi connectivity index (χ4v) is 13.0. The molecule has 12 rings (SSSR count). The molecule has 0 N–H and O–H groups in total. The molecule has 0 unspecified atom stereocenters. The number of hydrogen-bond donors (Lipinski definition) is 0. The van der Waals surface area contributed by atoms with Gasteiger partial charge in [0.15, 0.2) is 5.58 Å². The SMILES string of the molecule is Cc1cc(C)c(B(c2c(C)cc(C)cc2C)c2cc3c4cccc5c4c(cc3c3ccccc23)-c2ccc(N(c3ccc([Si](C)(C)C)cc3)c3cccc4c3oc3ccccc34)cc2O5)c(C)c1. The minimum absolute atomic E-state index is 0.0341. The highest BCUT2D eigenvalue weighted by atomic mass is 28.3. The van der Waals surface area contributed by atoms with E-state index in [-0.39, 0.29) is 6.71 Å². The van der Waals surface area contributed by atoms with Gasteiger partial charge in [-0.1, -0.05) is 184 Å². The third-order valence-electron chi connectivity index (χ3n) is 14.7. The first kappa shape index (κ1) is 42.0. The number of benzene rings is 10. The average Bonchev–Trinajstić information content (AvgIpc) is 3.70. The van der Waals surface area contributed by atoms with Crippen LogP contribution in [-0.4, -0.2) is 14.8 Å². The Kier molecular flexibility index (Phi) is 9.66. The fourth-order valence-electron chi connectivity index (χ4n) is 11.9. The van der Waals surface area contributed by atoms with E-state index in [2.05, 4.69) is 224 Å². The van der Waals surface area contributed by atoms with Crippen molar-refractivity contribution in [2.24, 2.45) is 0 Å². The van der Waals surface area contributed by atoms with E-state index in [1.807, 2.05) is 6.07 Å². The molecule has 1 aliphatic rings. The summed E-state index contributed by atoms with van der Waals surface area (Å²) in [5, 5.41) is 11.0. The first-order valence-electron chi connectivity index (χ1n) is 24.0. The predicted molar refractivity (Wildman–Crippen MR) is 295 cm³/mol. The molecule has 5 heteroatoms. The number of anilines is 3. The molecule has 1 aromatic heterocycles. The number of ether oxygens (including phenoxy) is 1. The van der Waals surface area contributed by atoms with Crippen LogP contribution in [0.5, 0.6) is 11.5 Å². The minimum Gasteiger partial charge on any atom is -0.456 e. The summed E-state index contributed by atoms with van der Waals surface area (Å²) in [6, 6.07) is 60.8. The smallest absolute Gasteiger partial charge is 0.243 e. The summed E-state index contributed by atoms with van der Waals surface area (Å²) in [5.74, 6) is 1.70. The van der Waals surface area contributed by atoms with E-state index in [1.165, 1.54) is 87.5 Å². The van der Waals surface area contributed by atoms with E-state index in [0.717, 1.165) is 61.4 Å². The Labute approximate surface area is 400 Å². The monoisotopic (exact) mass is 895 g/mol.